The van der Waals surface area contributed by atoms with E-state index < -0.39 is 23.5 Å². The van der Waals surface area contributed by atoms with E-state index in [4.69, 9.17) is 9.84 Å². The lowest BCUT2D eigenvalue weighted by molar-refractivity contribution is -0.134. The Morgan fingerprint density at radius 1 is 1.44 bits per heavy atom. The van der Waals surface area contributed by atoms with Gasteiger partial charge in [0.15, 0.2) is 0 Å². The number of carbonyl (C=O) groups is 2. The van der Waals surface area contributed by atoms with E-state index >= 15 is 0 Å². The van der Waals surface area contributed by atoms with Crippen LogP contribution in [0, 0.1) is 0 Å². The van der Waals surface area contributed by atoms with E-state index in [1.165, 1.54) is 7.05 Å². The van der Waals surface area contributed by atoms with E-state index in [0.717, 1.165) is 11.0 Å². The highest BCUT2D eigenvalue weighted by molar-refractivity contribution is 5.84. The van der Waals surface area contributed by atoms with E-state index in [1.54, 1.807) is 20.8 Å². The molecule has 0 heterocycles. The minimum absolute atomic E-state index is 0.160. The molecule has 0 fully saturated rings. The van der Waals surface area contributed by atoms with Gasteiger partial charge in [-0.25, -0.2) is 9.59 Å². The molecule has 92 valence electrons. The van der Waals surface area contributed by atoms with Crippen LogP contribution >= 0.6 is 0 Å². The zero-order chi connectivity index (χ0) is 12.9. The van der Waals surface area contributed by atoms with Crippen molar-refractivity contribution >= 4 is 12.1 Å². The fourth-order valence-corrected chi connectivity index (χ4v) is 0.719. The van der Waals surface area contributed by atoms with Crippen LogP contribution in [0.15, 0.2) is 11.9 Å². The van der Waals surface area contributed by atoms with Gasteiger partial charge < -0.3 is 14.7 Å². The number of aliphatic carboxylic acids is 1. The third kappa shape index (κ3) is 6.00. The van der Waals surface area contributed by atoms with Crippen LogP contribution in [-0.4, -0.2) is 41.3 Å². The van der Waals surface area contributed by atoms with Crippen LogP contribution in [0.3, 0.4) is 0 Å². The third-order valence-electron chi connectivity index (χ3n) is 1.45. The van der Waals surface area contributed by atoms with E-state index in [-0.39, 0.29) is 6.54 Å². The summed E-state index contributed by atoms with van der Waals surface area (Å²) in [6.07, 6.45) is 0.161. The summed E-state index contributed by atoms with van der Waals surface area (Å²) in [5.41, 5.74) is -0.638. The Kier molecular flexibility index (Phi) is 4.94. The number of carboxylic acids is 1. The zero-order valence-corrected chi connectivity index (χ0v) is 9.78. The van der Waals surface area contributed by atoms with Crippen molar-refractivity contribution < 1.29 is 23.8 Å². The first-order valence-electron chi connectivity index (χ1n) is 4.66. The minimum Gasteiger partial charge on any atom is -0.476 e. The second kappa shape index (κ2) is 5.48. The van der Waals surface area contributed by atoms with Crippen LogP contribution in [0.2, 0.25) is 0 Å². The second-order valence-corrected chi connectivity index (χ2v) is 4.22. The monoisotopic (exact) mass is 233 g/mol. The molecule has 0 aliphatic heterocycles. The zero-order valence-electron chi connectivity index (χ0n) is 9.78. The van der Waals surface area contributed by atoms with Crippen molar-refractivity contribution in [3.8, 4) is 0 Å². The number of ether oxygens (including phenoxy) is 1. The summed E-state index contributed by atoms with van der Waals surface area (Å²) in [6, 6.07) is 0. The molecule has 5 nitrogen and oxygen atoms in total. The average molecular weight is 233 g/mol. The number of hydrogen-bond donors (Lipinski definition) is 1. The maximum Gasteiger partial charge on any atom is 0.410 e. The first-order valence-corrected chi connectivity index (χ1v) is 4.66. The topological polar surface area (TPSA) is 66.8 Å². The number of rotatable bonds is 3. The van der Waals surface area contributed by atoms with Crippen LogP contribution in [-0.2, 0) is 9.53 Å². The maximum absolute atomic E-state index is 12.6. The van der Waals surface area contributed by atoms with Crippen LogP contribution in [0.5, 0.6) is 0 Å². The Labute approximate surface area is 93.5 Å². The Morgan fingerprint density at radius 2 is 1.94 bits per heavy atom. The van der Waals surface area contributed by atoms with Crippen molar-refractivity contribution in [3.63, 3.8) is 0 Å². The van der Waals surface area contributed by atoms with Gasteiger partial charge in [-0.15, -0.1) is 0 Å². The lowest BCUT2D eigenvalue weighted by atomic mass is 10.2. The molecule has 1 amide bonds. The Hall–Kier alpha value is -1.59. The molecule has 0 bridgehead atoms. The number of halogens is 1. The quantitative estimate of drug-likeness (QED) is 0.755. The first kappa shape index (κ1) is 14.4. The average Bonchev–Trinajstić information content (AvgIpc) is 2.10. The number of amides is 1. The fourth-order valence-electron chi connectivity index (χ4n) is 0.719. The molecular formula is C10H16FNO4. The van der Waals surface area contributed by atoms with Gasteiger partial charge in [0.1, 0.15) is 5.60 Å². The van der Waals surface area contributed by atoms with Crippen molar-refractivity contribution in [1.82, 2.24) is 4.90 Å². The van der Waals surface area contributed by atoms with Crippen molar-refractivity contribution in [2.24, 2.45) is 0 Å². The number of carbonyl (C=O) groups excluding carboxylic acids is 1. The molecule has 0 spiro atoms. The molecule has 1 N–H and O–H groups in total. The summed E-state index contributed by atoms with van der Waals surface area (Å²) in [5, 5.41) is 8.24. The first-order chi connectivity index (χ1) is 7.13. The molecule has 0 aromatic heterocycles. The Morgan fingerprint density at radius 3 is 2.31 bits per heavy atom. The SMILES string of the molecule is CN(C/C=C(\F)C(=O)O)C(=O)OC(C)(C)C. The summed E-state index contributed by atoms with van der Waals surface area (Å²) in [6.45, 7) is 4.94. The van der Waals surface area contributed by atoms with Crippen LogP contribution in [0.4, 0.5) is 9.18 Å². The Balaban J connectivity index is 4.27. The summed E-state index contributed by atoms with van der Waals surface area (Å²) in [5.74, 6) is -2.95. The molecule has 0 aromatic carbocycles. The van der Waals surface area contributed by atoms with E-state index in [2.05, 4.69) is 0 Å². The van der Waals surface area contributed by atoms with Crippen molar-refractivity contribution in [3.05, 3.63) is 11.9 Å². The van der Waals surface area contributed by atoms with Crippen molar-refractivity contribution in [1.29, 1.82) is 0 Å². The fraction of sp³-hybridized carbons (Fsp3) is 0.600. The number of nitrogens with zero attached hydrogens (tertiary/aromatic N) is 1. The van der Waals surface area contributed by atoms with Gasteiger partial charge in [0.2, 0.25) is 5.83 Å². The summed E-state index contributed by atoms with van der Waals surface area (Å²) >= 11 is 0. The number of hydrogen-bond acceptors (Lipinski definition) is 3. The molecule has 0 radical (unpaired) electrons. The van der Waals surface area contributed by atoms with Gasteiger partial charge in [-0.2, -0.15) is 4.39 Å². The number of likely N-dealkylation sites (N-methyl/N-ethyl adjacent to an activating group) is 1. The largest absolute Gasteiger partial charge is 0.476 e. The van der Waals surface area contributed by atoms with E-state index in [1.807, 2.05) is 0 Å². The van der Waals surface area contributed by atoms with Crippen LogP contribution in [0.25, 0.3) is 0 Å². The van der Waals surface area contributed by atoms with Gasteiger partial charge >= 0.3 is 12.1 Å². The lowest BCUT2D eigenvalue weighted by Crippen LogP contribution is -2.34. The highest BCUT2D eigenvalue weighted by Gasteiger charge is 2.19. The highest BCUT2D eigenvalue weighted by atomic mass is 19.1. The molecule has 0 saturated carbocycles. The van der Waals surface area contributed by atoms with Gasteiger partial charge in [0.25, 0.3) is 0 Å². The molecule has 0 saturated heterocycles. The maximum atomic E-state index is 12.6. The Bertz CT molecular complexity index is 306. The molecular weight excluding hydrogens is 217 g/mol. The summed E-state index contributed by atoms with van der Waals surface area (Å²) < 4.78 is 17.6. The molecule has 0 aromatic rings. The van der Waals surface area contributed by atoms with Gasteiger partial charge in [0.05, 0.1) is 0 Å². The normalized spacial score (nSPS) is 12.2. The molecule has 0 atom stereocenters. The van der Waals surface area contributed by atoms with E-state index in [9.17, 15) is 14.0 Å². The van der Waals surface area contributed by atoms with Crippen LogP contribution in [0.1, 0.15) is 20.8 Å². The second-order valence-electron chi connectivity index (χ2n) is 4.22. The van der Waals surface area contributed by atoms with Crippen LogP contribution < -0.4 is 0 Å². The molecule has 0 aliphatic rings. The molecule has 0 rings (SSSR count). The predicted octanol–water partition coefficient (Wildman–Crippen LogP) is 1.79. The molecule has 0 aliphatic carbocycles. The molecule has 6 heteroatoms. The van der Waals surface area contributed by atoms with Gasteiger partial charge in [0, 0.05) is 13.6 Å². The van der Waals surface area contributed by atoms with E-state index in [0.29, 0.717) is 0 Å². The smallest absolute Gasteiger partial charge is 0.410 e. The lowest BCUT2D eigenvalue weighted by Gasteiger charge is -2.23. The third-order valence-corrected chi connectivity index (χ3v) is 1.45. The van der Waals surface area contributed by atoms with Crippen molar-refractivity contribution in [2.45, 2.75) is 26.4 Å². The van der Waals surface area contributed by atoms with Crippen molar-refractivity contribution in [2.75, 3.05) is 13.6 Å². The molecule has 0 unspecified atom stereocenters. The van der Waals surface area contributed by atoms with Gasteiger partial charge in [-0.1, -0.05) is 0 Å². The highest BCUT2D eigenvalue weighted by Crippen LogP contribution is 2.09. The van der Waals surface area contributed by atoms with Gasteiger partial charge in [-0.05, 0) is 26.8 Å². The van der Waals surface area contributed by atoms with Gasteiger partial charge in [-0.3, -0.25) is 0 Å². The summed E-state index contributed by atoms with van der Waals surface area (Å²) in [7, 11) is 1.39. The summed E-state index contributed by atoms with van der Waals surface area (Å²) in [4.78, 5) is 22.6. The molecule has 16 heavy (non-hydrogen) atoms. The standard InChI is InChI=1S/C10H16FNO4/c1-10(2,3)16-9(15)12(4)6-5-7(11)8(13)14/h5H,6H2,1-4H3,(H,13,14)/b7-5-. The number of carboxylic acid groups (broad SMARTS) is 1. The minimum atomic E-state index is -1.66. The predicted molar refractivity (Wildman–Crippen MR) is 55.7 cm³/mol.